The fourth-order valence-electron chi connectivity index (χ4n) is 3.34. The number of aliphatic imine (C=N–C) groups is 1. The number of carbonyl (C=O) groups is 1. The zero-order valence-corrected chi connectivity index (χ0v) is 20.1. The van der Waals surface area contributed by atoms with Gasteiger partial charge in [-0.1, -0.05) is 53.6 Å². The highest BCUT2D eigenvalue weighted by atomic mass is 35.5. The normalized spacial score (nSPS) is 15.7. The van der Waals surface area contributed by atoms with Crippen LogP contribution in [0.5, 0.6) is 11.5 Å². The first-order valence-electron chi connectivity index (χ1n) is 10.3. The number of methoxy groups -OCH3 is 1. The molecule has 3 aromatic rings. The SMILES string of the molecule is COc1cc(C=C2SC(=Nc3ccc(C)cc3C)NC2=O)ccc1OCc1ccccc1Cl. The summed E-state index contributed by atoms with van der Waals surface area (Å²) in [5.41, 5.74) is 4.79. The highest BCUT2D eigenvalue weighted by Crippen LogP contribution is 2.33. The fourth-order valence-corrected chi connectivity index (χ4v) is 4.36. The fraction of sp³-hybridized carbons (Fsp3) is 0.154. The van der Waals surface area contributed by atoms with Crippen LogP contribution in [0.3, 0.4) is 0 Å². The number of benzene rings is 3. The Morgan fingerprint density at radius 3 is 2.64 bits per heavy atom. The van der Waals surface area contributed by atoms with Gasteiger partial charge in [-0.05, 0) is 67.1 Å². The van der Waals surface area contributed by atoms with Crippen molar-refractivity contribution in [2.24, 2.45) is 4.99 Å². The predicted molar refractivity (Wildman–Crippen MR) is 135 cm³/mol. The lowest BCUT2D eigenvalue weighted by molar-refractivity contribution is -0.115. The number of carbonyl (C=O) groups excluding carboxylic acids is 1. The summed E-state index contributed by atoms with van der Waals surface area (Å²) in [7, 11) is 1.58. The zero-order valence-electron chi connectivity index (χ0n) is 18.5. The lowest BCUT2D eigenvalue weighted by Crippen LogP contribution is -2.19. The van der Waals surface area contributed by atoms with E-state index in [9.17, 15) is 4.79 Å². The van der Waals surface area contributed by atoms with Gasteiger partial charge in [0.2, 0.25) is 0 Å². The summed E-state index contributed by atoms with van der Waals surface area (Å²) in [6, 6.07) is 19.1. The molecule has 1 fully saturated rings. The van der Waals surface area contributed by atoms with Crippen LogP contribution in [0, 0.1) is 13.8 Å². The average Bonchev–Trinajstić information content (AvgIpc) is 3.14. The second-order valence-corrected chi connectivity index (χ2v) is 9.00. The molecule has 1 heterocycles. The van der Waals surface area contributed by atoms with Gasteiger partial charge in [-0.15, -0.1) is 0 Å². The number of amidine groups is 1. The summed E-state index contributed by atoms with van der Waals surface area (Å²) in [5.74, 6) is 0.991. The third-order valence-corrected chi connectivity index (χ3v) is 6.33. The number of hydrogen-bond donors (Lipinski definition) is 1. The Morgan fingerprint density at radius 2 is 1.88 bits per heavy atom. The van der Waals surface area contributed by atoms with E-state index in [-0.39, 0.29) is 5.91 Å². The Morgan fingerprint density at radius 1 is 1.06 bits per heavy atom. The third kappa shape index (κ3) is 5.59. The van der Waals surface area contributed by atoms with Gasteiger partial charge in [0.15, 0.2) is 16.7 Å². The molecule has 0 spiro atoms. The summed E-state index contributed by atoms with van der Waals surface area (Å²) in [4.78, 5) is 17.6. The first-order chi connectivity index (χ1) is 15.9. The molecule has 1 saturated heterocycles. The molecule has 0 bridgehead atoms. The maximum absolute atomic E-state index is 12.5. The van der Waals surface area contributed by atoms with Crippen LogP contribution in [0.4, 0.5) is 5.69 Å². The van der Waals surface area contributed by atoms with Crippen molar-refractivity contribution in [1.29, 1.82) is 0 Å². The first-order valence-corrected chi connectivity index (χ1v) is 11.5. The number of aryl methyl sites for hydroxylation is 2. The molecule has 7 heteroatoms. The van der Waals surface area contributed by atoms with Crippen LogP contribution in [-0.4, -0.2) is 18.2 Å². The molecule has 33 heavy (non-hydrogen) atoms. The summed E-state index contributed by atoms with van der Waals surface area (Å²) in [5, 5.41) is 4.05. The highest BCUT2D eigenvalue weighted by Gasteiger charge is 2.24. The zero-order chi connectivity index (χ0) is 23.4. The molecule has 1 aliphatic heterocycles. The largest absolute Gasteiger partial charge is 0.493 e. The predicted octanol–water partition coefficient (Wildman–Crippen LogP) is 6.44. The first kappa shape index (κ1) is 23.0. The van der Waals surface area contributed by atoms with Crippen molar-refractivity contribution >= 4 is 46.2 Å². The Balaban J connectivity index is 1.50. The van der Waals surface area contributed by atoms with E-state index in [0.29, 0.717) is 33.2 Å². The smallest absolute Gasteiger partial charge is 0.264 e. The summed E-state index contributed by atoms with van der Waals surface area (Å²) < 4.78 is 11.4. The Hall–Kier alpha value is -3.22. The van der Waals surface area contributed by atoms with E-state index in [1.165, 1.54) is 17.3 Å². The van der Waals surface area contributed by atoms with Gasteiger partial charge in [0, 0.05) is 10.6 Å². The Kier molecular flexibility index (Phi) is 7.06. The van der Waals surface area contributed by atoms with E-state index in [1.54, 1.807) is 7.11 Å². The van der Waals surface area contributed by atoms with Gasteiger partial charge >= 0.3 is 0 Å². The van der Waals surface area contributed by atoms with Crippen LogP contribution in [0.2, 0.25) is 5.02 Å². The van der Waals surface area contributed by atoms with Crippen LogP contribution in [0.15, 0.2) is 70.6 Å². The Labute approximate surface area is 202 Å². The highest BCUT2D eigenvalue weighted by molar-refractivity contribution is 8.18. The number of amides is 1. The van der Waals surface area contributed by atoms with Gasteiger partial charge in [-0.25, -0.2) is 4.99 Å². The second kappa shape index (κ2) is 10.1. The lowest BCUT2D eigenvalue weighted by atomic mass is 10.1. The van der Waals surface area contributed by atoms with Crippen LogP contribution >= 0.6 is 23.4 Å². The second-order valence-electron chi connectivity index (χ2n) is 7.56. The number of thioether (sulfide) groups is 1. The molecular weight excluding hydrogens is 456 g/mol. The molecule has 0 unspecified atom stereocenters. The summed E-state index contributed by atoms with van der Waals surface area (Å²) >= 11 is 7.52. The molecule has 0 saturated carbocycles. The van der Waals surface area contributed by atoms with Crippen molar-refractivity contribution in [2.75, 3.05) is 7.11 Å². The molecular formula is C26H23ClN2O3S. The van der Waals surface area contributed by atoms with E-state index in [1.807, 2.05) is 74.5 Å². The molecule has 0 aromatic heterocycles. The summed E-state index contributed by atoms with van der Waals surface area (Å²) in [6.07, 6.45) is 1.81. The van der Waals surface area contributed by atoms with Crippen LogP contribution in [0.1, 0.15) is 22.3 Å². The van der Waals surface area contributed by atoms with Crippen molar-refractivity contribution in [2.45, 2.75) is 20.5 Å². The molecule has 0 radical (unpaired) electrons. The summed E-state index contributed by atoms with van der Waals surface area (Å²) in [6.45, 7) is 4.37. The van der Waals surface area contributed by atoms with Crippen LogP contribution in [-0.2, 0) is 11.4 Å². The molecule has 1 N–H and O–H groups in total. The van der Waals surface area contributed by atoms with Gasteiger partial charge in [-0.2, -0.15) is 0 Å². The molecule has 3 aromatic carbocycles. The molecule has 1 amide bonds. The van der Waals surface area contributed by atoms with Crippen molar-refractivity contribution in [3.8, 4) is 11.5 Å². The van der Waals surface area contributed by atoms with Crippen LogP contribution < -0.4 is 14.8 Å². The lowest BCUT2D eigenvalue weighted by Gasteiger charge is -2.12. The molecule has 168 valence electrons. The monoisotopic (exact) mass is 478 g/mol. The van der Waals surface area contributed by atoms with E-state index < -0.39 is 0 Å². The van der Waals surface area contributed by atoms with Gasteiger partial charge in [0.25, 0.3) is 5.91 Å². The minimum atomic E-state index is -0.179. The van der Waals surface area contributed by atoms with Crippen molar-refractivity contribution in [1.82, 2.24) is 5.32 Å². The number of nitrogens with zero attached hydrogens (tertiary/aromatic N) is 1. The number of ether oxygens (including phenoxy) is 2. The standard InChI is InChI=1S/C26H23ClN2O3S/c1-16-8-10-21(17(2)12-16)28-26-29-25(30)24(33-26)14-18-9-11-22(23(13-18)31-3)32-15-19-6-4-5-7-20(19)27/h4-14H,15H2,1-3H3,(H,28,29,30). The molecule has 0 atom stereocenters. The van der Waals surface area contributed by atoms with E-state index >= 15 is 0 Å². The quantitative estimate of drug-likeness (QED) is 0.414. The van der Waals surface area contributed by atoms with Crippen molar-refractivity contribution < 1.29 is 14.3 Å². The van der Waals surface area contributed by atoms with Crippen molar-refractivity contribution in [3.63, 3.8) is 0 Å². The number of rotatable bonds is 6. The van der Waals surface area contributed by atoms with Gasteiger partial charge in [0.1, 0.15) is 6.61 Å². The molecule has 1 aliphatic rings. The van der Waals surface area contributed by atoms with Gasteiger partial charge in [-0.3, -0.25) is 4.79 Å². The maximum Gasteiger partial charge on any atom is 0.264 e. The van der Waals surface area contributed by atoms with Crippen LogP contribution in [0.25, 0.3) is 6.08 Å². The number of halogens is 1. The number of nitrogens with one attached hydrogen (secondary N) is 1. The van der Waals surface area contributed by atoms with Gasteiger partial charge in [0.05, 0.1) is 17.7 Å². The van der Waals surface area contributed by atoms with E-state index in [0.717, 1.165) is 22.4 Å². The van der Waals surface area contributed by atoms with E-state index in [4.69, 9.17) is 21.1 Å². The van der Waals surface area contributed by atoms with Gasteiger partial charge < -0.3 is 14.8 Å². The molecule has 5 nitrogen and oxygen atoms in total. The third-order valence-electron chi connectivity index (χ3n) is 5.05. The minimum absolute atomic E-state index is 0.179. The van der Waals surface area contributed by atoms with E-state index in [2.05, 4.69) is 16.4 Å². The molecule has 4 rings (SSSR count). The molecule has 0 aliphatic carbocycles. The average molecular weight is 479 g/mol. The van der Waals surface area contributed by atoms with Crippen molar-refractivity contribution in [3.05, 3.63) is 92.8 Å². The topological polar surface area (TPSA) is 59.9 Å². The minimum Gasteiger partial charge on any atom is -0.493 e. The maximum atomic E-state index is 12.5. The number of hydrogen-bond acceptors (Lipinski definition) is 5. The Bertz CT molecular complexity index is 1270.